The summed E-state index contributed by atoms with van der Waals surface area (Å²) < 4.78 is 0. The lowest BCUT2D eigenvalue weighted by atomic mass is 10.3. The second-order valence-electron chi connectivity index (χ2n) is 1.60. The van der Waals surface area contributed by atoms with Crippen LogP contribution in [0.4, 0.5) is 0 Å². The Bertz CT molecular complexity index is 179. The van der Waals surface area contributed by atoms with E-state index in [1.54, 1.807) is 12.2 Å². The minimum absolute atomic E-state index is 0.472. The highest BCUT2D eigenvalue weighted by atomic mass is 14.2. The zero-order valence-electron chi connectivity index (χ0n) is 6.04. The van der Waals surface area contributed by atoms with Crippen LogP contribution < -0.4 is 0 Å². The van der Waals surface area contributed by atoms with Crippen LogP contribution in [0.3, 0.4) is 0 Å². The molecule has 0 fully saturated rings. The van der Waals surface area contributed by atoms with E-state index in [1.165, 1.54) is 0 Å². The van der Waals surface area contributed by atoms with Crippen LogP contribution in [0.25, 0.3) is 0 Å². The summed E-state index contributed by atoms with van der Waals surface area (Å²) in [7, 11) is 0. The van der Waals surface area contributed by atoms with E-state index in [0.29, 0.717) is 6.42 Å². The van der Waals surface area contributed by atoms with E-state index in [-0.39, 0.29) is 0 Å². The number of hydrogen-bond donors (Lipinski definition) is 0. The van der Waals surface area contributed by atoms with Crippen LogP contribution in [-0.4, -0.2) is 0 Å². The number of allylic oxidation sites excluding steroid dienone is 6. The van der Waals surface area contributed by atoms with Gasteiger partial charge in [-0.2, -0.15) is 5.26 Å². The number of rotatable bonds is 3. The minimum Gasteiger partial charge on any atom is -0.198 e. The maximum atomic E-state index is 8.12. The van der Waals surface area contributed by atoms with Crippen molar-refractivity contribution in [1.82, 2.24) is 0 Å². The Balaban J connectivity index is 3.44. The van der Waals surface area contributed by atoms with Crippen molar-refractivity contribution in [2.75, 3.05) is 0 Å². The van der Waals surface area contributed by atoms with Gasteiger partial charge in [-0.1, -0.05) is 30.4 Å². The molecule has 0 unspecified atom stereocenters. The third kappa shape index (κ3) is 6.71. The second kappa shape index (κ2) is 7.71. The van der Waals surface area contributed by atoms with Crippen LogP contribution in [0.15, 0.2) is 30.4 Å². The molecule has 0 bridgehead atoms. The molecular weight excluding hydrogens is 122 g/mol. The summed E-state index contributed by atoms with van der Waals surface area (Å²) in [5.74, 6) is 0. The average Bonchev–Trinajstić information content (AvgIpc) is 1.97. The van der Waals surface area contributed by atoms with Gasteiger partial charge in [0, 0.05) is 0 Å². The van der Waals surface area contributed by atoms with E-state index >= 15 is 0 Å². The predicted octanol–water partition coefficient (Wildman–Crippen LogP) is 2.39. The van der Waals surface area contributed by atoms with Gasteiger partial charge in [0.2, 0.25) is 0 Å². The third-order valence-electron chi connectivity index (χ3n) is 0.815. The molecule has 0 spiro atoms. The minimum atomic E-state index is 0.472. The standard InChI is InChI=1S/C9H10N/c1-2-3-4-5-6-7-8-9-10/h2,4-7H,8H2,1H3. The average molecular weight is 132 g/mol. The molecule has 51 valence electrons. The van der Waals surface area contributed by atoms with Crippen LogP contribution in [0.5, 0.6) is 0 Å². The Morgan fingerprint density at radius 3 is 2.80 bits per heavy atom. The van der Waals surface area contributed by atoms with Gasteiger partial charge in [0.05, 0.1) is 12.5 Å². The van der Waals surface area contributed by atoms with Crippen LogP contribution >= 0.6 is 0 Å². The zero-order chi connectivity index (χ0) is 7.66. The maximum Gasteiger partial charge on any atom is 0.0663 e. The molecule has 0 N–H and O–H groups in total. The Hall–Kier alpha value is -1.29. The lowest BCUT2D eigenvalue weighted by Gasteiger charge is -1.71. The normalized spacial score (nSPS) is 11.6. The van der Waals surface area contributed by atoms with Crippen LogP contribution in [-0.2, 0) is 0 Å². The van der Waals surface area contributed by atoms with Gasteiger partial charge in [-0.25, -0.2) is 0 Å². The summed E-state index contributed by atoms with van der Waals surface area (Å²) in [5, 5.41) is 8.12. The molecule has 1 nitrogen and oxygen atoms in total. The SMILES string of the molecule is C/C=[C]/C=CC=CCC#N. The molecule has 0 heterocycles. The smallest absolute Gasteiger partial charge is 0.0663 e. The molecule has 0 amide bonds. The third-order valence-corrected chi connectivity index (χ3v) is 0.815. The molecule has 0 aliphatic carbocycles. The van der Waals surface area contributed by atoms with Gasteiger partial charge in [-0.05, 0) is 13.0 Å². The maximum absolute atomic E-state index is 8.12. The Kier molecular flexibility index (Phi) is 6.72. The van der Waals surface area contributed by atoms with Crippen LogP contribution in [0.1, 0.15) is 13.3 Å². The fourth-order valence-corrected chi connectivity index (χ4v) is 0.407. The Morgan fingerprint density at radius 2 is 2.20 bits per heavy atom. The molecule has 1 radical (unpaired) electrons. The molecule has 0 saturated heterocycles. The fraction of sp³-hybridized carbons (Fsp3) is 0.222. The first kappa shape index (κ1) is 8.71. The summed E-state index contributed by atoms with van der Waals surface area (Å²) in [6, 6.07) is 2.01. The van der Waals surface area contributed by atoms with E-state index in [0.717, 1.165) is 0 Å². The van der Waals surface area contributed by atoms with Crippen LogP contribution in [0.2, 0.25) is 0 Å². The highest BCUT2D eigenvalue weighted by Crippen LogP contribution is 1.81. The lowest BCUT2D eigenvalue weighted by molar-refractivity contribution is 1.35. The van der Waals surface area contributed by atoms with Crippen molar-refractivity contribution in [3.05, 3.63) is 36.5 Å². The van der Waals surface area contributed by atoms with Crippen molar-refractivity contribution in [3.63, 3.8) is 0 Å². The summed E-state index contributed by atoms with van der Waals surface area (Å²) in [5.41, 5.74) is 0. The van der Waals surface area contributed by atoms with Crippen molar-refractivity contribution in [1.29, 1.82) is 5.26 Å². The van der Waals surface area contributed by atoms with Gasteiger partial charge in [0.1, 0.15) is 0 Å². The molecular formula is C9H10N. The summed E-state index contributed by atoms with van der Waals surface area (Å²) in [6.07, 6.45) is 12.5. The Morgan fingerprint density at radius 1 is 1.40 bits per heavy atom. The molecule has 0 aromatic carbocycles. The molecule has 0 aromatic heterocycles. The highest BCUT2D eigenvalue weighted by molar-refractivity contribution is 5.08. The van der Waals surface area contributed by atoms with E-state index in [1.807, 2.05) is 31.2 Å². The van der Waals surface area contributed by atoms with Gasteiger partial charge in [-0.15, -0.1) is 0 Å². The van der Waals surface area contributed by atoms with Crippen LogP contribution in [0, 0.1) is 17.4 Å². The van der Waals surface area contributed by atoms with Crippen molar-refractivity contribution < 1.29 is 0 Å². The molecule has 0 saturated carbocycles. The summed E-state index contributed by atoms with van der Waals surface area (Å²) in [6.45, 7) is 1.91. The molecule has 0 aromatic rings. The molecule has 10 heavy (non-hydrogen) atoms. The highest BCUT2D eigenvalue weighted by Gasteiger charge is 1.66. The molecule has 0 aliphatic rings. The van der Waals surface area contributed by atoms with E-state index < -0.39 is 0 Å². The van der Waals surface area contributed by atoms with Gasteiger partial charge in [-0.3, -0.25) is 0 Å². The molecule has 0 atom stereocenters. The number of nitrogens with zero attached hydrogens (tertiary/aromatic N) is 1. The first-order valence-electron chi connectivity index (χ1n) is 3.14. The monoisotopic (exact) mass is 132 g/mol. The van der Waals surface area contributed by atoms with Gasteiger partial charge >= 0.3 is 0 Å². The van der Waals surface area contributed by atoms with E-state index in [4.69, 9.17) is 5.26 Å². The first-order valence-corrected chi connectivity index (χ1v) is 3.14. The zero-order valence-corrected chi connectivity index (χ0v) is 6.04. The van der Waals surface area contributed by atoms with Crippen molar-refractivity contribution in [3.8, 4) is 6.07 Å². The molecule has 1 heteroatoms. The quantitative estimate of drug-likeness (QED) is 0.541. The first-order chi connectivity index (χ1) is 4.91. The van der Waals surface area contributed by atoms with Gasteiger partial charge in [0.25, 0.3) is 0 Å². The fourth-order valence-electron chi connectivity index (χ4n) is 0.407. The number of hydrogen-bond acceptors (Lipinski definition) is 1. The van der Waals surface area contributed by atoms with Crippen molar-refractivity contribution >= 4 is 0 Å². The van der Waals surface area contributed by atoms with Gasteiger partial charge < -0.3 is 0 Å². The summed E-state index contributed by atoms with van der Waals surface area (Å²) >= 11 is 0. The largest absolute Gasteiger partial charge is 0.198 e. The number of nitriles is 1. The Labute approximate surface area is 62.0 Å². The van der Waals surface area contributed by atoms with Crippen molar-refractivity contribution in [2.24, 2.45) is 0 Å². The van der Waals surface area contributed by atoms with E-state index in [9.17, 15) is 0 Å². The topological polar surface area (TPSA) is 23.8 Å². The molecule has 0 aliphatic heterocycles. The predicted molar refractivity (Wildman–Crippen MR) is 42.0 cm³/mol. The van der Waals surface area contributed by atoms with E-state index in [2.05, 4.69) is 6.08 Å². The van der Waals surface area contributed by atoms with Crippen molar-refractivity contribution in [2.45, 2.75) is 13.3 Å². The molecule has 0 rings (SSSR count). The summed E-state index contributed by atoms with van der Waals surface area (Å²) in [4.78, 5) is 0. The second-order valence-corrected chi connectivity index (χ2v) is 1.60. The lowest BCUT2D eigenvalue weighted by Crippen LogP contribution is -1.54. The van der Waals surface area contributed by atoms with Gasteiger partial charge in [0.15, 0.2) is 0 Å².